The largest absolute Gasteiger partial charge is 0.337 e. The maximum atomic E-state index is 13.1. The molecule has 27 heavy (non-hydrogen) atoms. The van der Waals surface area contributed by atoms with Gasteiger partial charge in [-0.05, 0) is 55.0 Å². The SMILES string of the molecule is CC(C)c1ccc(-n2nnc(C(=O)N3CCCCC3)c2-n2cccc2)cc1. The van der Waals surface area contributed by atoms with E-state index in [1.54, 1.807) is 4.68 Å². The van der Waals surface area contributed by atoms with Crippen LogP contribution < -0.4 is 0 Å². The van der Waals surface area contributed by atoms with Crippen molar-refractivity contribution in [2.24, 2.45) is 0 Å². The Morgan fingerprint density at radius 2 is 1.67 bits per heavy atom. The molecule has 1 saturated heterocycles. The molecule has 3 aromatic rings. The molecule has 1 aliphatic rings. The number of piperidine rings is 1. The van der Waals surface area contributed by atoms with Gasteiger partial charge in [-0.2, -0.15) is 4.68 Å². The third-order valence-corrected chi connectivity index (χ3v) is 5.15. The highest BCUT2D eigenvalue weighted by atomic mass is 16.2. The van der Waals surface area contributed by atoms with Crippen molar-refractivity contribution in [3.05, 3.63) is 60.0 Å². The second-order valence-corrected chi connectivity index (χ2v) is 7.36. The molecule has 1 aromatic carbocycles. The number of benzene rings is 1. The number of carbonyl (C=O) groups is 1. The van der Waals surface area contributed by atoms with Gasteiger partial charge in [-0.15, -0.1) is 5.10 Å². The molecule has 0 unspecified atom stereocenters. The highest BCUT2D eigenvalue weighted by Crippen LogP contribution is 2.22. The van der Waals surface area contributed by atoms with Crippen molar-refractivity contribution in [2.75, 3.05) is 13.1 Å². The Morgan fingerprint density at radius 1 is 1.00 bits per heavy atom. The Morgan fingerprint density at radius 3 is 2.30 bits per heavy atom. The van der Waals surface area contributed by atoms with Gasteiger partial charge in [0.15, 0.2) is 11.5 Å². The van der Waals surface area contributed by atoms with Crippen molar-refractivity contribution in [3.8, 4) is 11.5 Å². The van der Waals surface area contributed by atoms with Gasteiger partial charge in [-0.1, -0.05) is 31.2 Å². The Hall–Kier alpha value is -2.89. The predicted octanol–water partition coefficient (Wildman–Crippen LogP) is 3.81. The van der Waals surface area contributed by atoms with E-state index in [9.17, 15) is 4.79 Å². The van der Waals surface area contributed by atoms with E-state index in [4.69, 9.17) is 0 Å². The molecule has 140 valence electrons. The van der Waals surface area contributed by atoms with Crippen molar-refractivity contribution in [3.63, 3.8) is 0 Å². The van der Waals surface area contributed by atoms with Crippen LogP contribution in [0.4, 0.5) is 0 Å². The van der Waals surface area contributed by atoms with Gasteiger partial charge in [-0.3, -0.25) is 4.79 Å². The molecule has 6 heteroatoms. The summed E-state index contributed by atoms with van der Waals surface area (Å²) in [6.45, 7) is 5.93. The molecule has 0 radical (unpaired) electrons. The van der Waals surface area contributed by atoms with Gasteiger partial charge in [0.2, 0.25) is 0 Å². The van der Waals surface area contributed by atoms with E-state index < -0.39 is 0 Å². The van der Waals surface area contributed by atoms with Crippen LogP contribution in [-0.4, -0.2) is 43.5 Å². The lowest BCUT2D eigenvalue weighted by atomic mass is 10.0. The zero-order chi connectivity index (χ0) is 18.8. The van der Waals surface area contributed by atoms with Crippen LogP contribution in [0.2, 0.25) is 0 Å². The highest BCUT2D eigenvalue weighted by Gasteiger charge is 2.27. The van der Waals surface area contributed by atoms with Crippen LogP contribution in [0.1, 0.15) is 55.1 Å². The molecule has 3 heterocycles. The standard InChI is InChI=1S/C21H25N5O/c1-16(2)17-8-10-18(11-9-17)26-20(24-12-6-7-13-24)19(22-23-26)21(27)25-14-4-3-5-15-25/h6-13,16H,3-5,14-15H2,1-2H3. The van der Waals surface area contributed by atoms with Gasteiger partial charge in [0.1, 0.15) is 0 Å². The lowest BCUT2D eigenvalue weighted by molar-refractivity contribution is 0.0718. The minimum Gasteiger partial charge on any atom is -0.337 e. The monoisotopic (exact) mass is 363 g/mol. The topological polar surface area (TPSA) is 56.0 Å². The predicted molar refractivity (Wildman–Crippen MR) is 105 cm³/mol. The molecule has 1 fully saturated rings. The van der Waals surface area contributed by atoms with Gasteiger partial charge in [0, 0.05) is 25.5 Å². The average Bonchev–Trinajstić information content (AvgIpc) is 3.37. The Kier molecular flexibility index (Phi) is 4.79. The van der Waals surface area contributed by atoms with Crippen LogP contribution >= 0.6 is 0 Å². The number of rotatable bonds is 4. The van der Waals surface area contributed by atoms with Crippen molar-refractivity contribution in [1.29, 1.82) is 0 Å². The molecule has 1 amide bonds. The van der Waals surface area contributed by atoms with Crippen molar-refractivity contribution >= 4 is 5.91 Å². The number of nitrogens with zero attached hydrogens (tertiary/aromatic N) is 5. The molecule has 0 spiro atoms. The average molecular weight is 363 g/mol. The zero-order valence-electron chi connectivity index (χ0n) is 15.9. The summed E-state index contributed by atoms with van der Waals surface area (Å²) in [5, 5.41) is 8.61. The van der Waals surface area contributed by atoms with E-state index in [1.165, 1.54) is 12.0 Å². The van der Waals surface area contributed by atoms with Crippen molar-refractivity contribution < 1.29 is 4.79 Å². The Balaban J connectivity index is 1.76. The first-order valence-corrected chi connectivity index (χ1v) is 9.64. The highest BCUT2D eigenvalue weighted by molar-refractivity contribution is 5.95. The first kappa shape index (κ1) is 17.5. The van der Waals surface area contributed by atoms with Crippen molar-refractivity contribution in [2.45, 2.75) is 39.0 Å². The fourth-order valence-corrected chi connectivity index (χ4v) is 3.54. The van der Waals surface area contributed by atoms with Crippen LogP contribution in [0.3, 0.4) is 0 Å². The molecule has 1 aliphatic heterocycles. The van der Waals surface area contributed by atoms with Crippen LogP contribution in [0.15, 0.2) is 48.8 Å². The third-order valence-electron chi connectivity index (χ3n) is 5.15. The molecule has 0 bridgehead atoms. The van der Waals surface area contributed by atoms with Crippen LogP contribution in [0.5, 0.6) is 0 Å². The fourth-order valence-electron chi connectivity index (χ4n) is 3.54. The van der Waals surface area contributed by atoms with Gasteiger partial charge in [0.05, 0.1) is 5.69 Å². The second-order valence-electron chi connectivity index (χ2n) is 7.36. The minimum atomic E-state index is -0.0385. The lowest BCUT2D eigenvalue weighted by Gasteiger charge is -2.26. The van der Waals surface area contributed by atoms with E-state index in [2.05, 4.69) is 36.3 Å². The fraction of sp³-hybridized carbons (Fsp3) is 0.381. The molecule has 0 saturated carbocycles. The number of amides is 1. The maximum Gasteiger partial charge on any atom is 0.278 e. The molecule has 6 nitrogen and oxygen atoms in total. The number of carbonyl (C=O) groups excluding carboxylic acids is 1. The summed E-state index contributed by atoms with van der Waals surface area (Å²) in [6.07, 6.45) is 7.13. The summed E-state index contributed by atoms with van der Waals surface area (Å²) in [6, 6.07) is 12.2. The van der Waals surface area contributed by atoms with E-state index in [0.29, 0.717) is 17.4 Å². The molecular formula is C21H25N5O. The zero-order valence-corrected chi connectivity index (χ0v) is 15.9. The summed E-state index contributed by atoms with van der Waals surface area (Å²) in [7, 11) is 0. The smallest absolute Gasteiger partial charge is 0.278 e. The van der Waals surface area contributed by atoms with E-state index in [-0.39, 0.29) is 5.91 Å². The molecule has 4 rings (SSSR count). The first-order chi connectivity index (χ1) is 13.1. The molecule has 0 N–H and O–H groups in total. The number of likely N-dealkylation sites (tertiary alicyclic amines) is 1. The van der Waals surface area contributed by atoms with E-state index in [1.807, 2.05) is 46.1 Å². The first-order valence-electron chi connectivity index (χ1n) is 9.64. The summed E-state index contributed by atoms with van der Waals surface area (Å²) >= 11 is 0. The number of aromatic nitrogens is 4. The molecular weight excluding hydrogens is 338 g/mol. The summed E-state index contributed by atoms with van der Waals surface area (Å²) in [5.41, 5.74) is 2.57. The minimum absolute atomic E-state index is 0.0385. The Bertz CT molecular complexity index is 903. The van der Waals surface area contributed by atoms with Gasteiger partial charge in [-0.25, -0.2) is 0 Å². The summed E-state index contributed by atoms with van der Waals surface area (Å²) in [5.74, 6) is 1.12. The van der Waals surface area contributed by atoms with E-state index in [0.717, 1.165) is 31.6 Å². The van der Waals surface area contributed by atoms with Gasteiger partial charge >= 0.3 is 0 Å². The Labute approximate surface area is 159 Å². The normalized spacial score (nSPS) is 14.7. The number of hydrogen-bond donors (Lipinski definition) is 0. The maximum absolute atomic E-state index is 13.1. The van der Waals surface area contributed by atoms with E-state index >= 15 is 0 Å². The second kappa shape index (κ2) is 7.39. The molecule has 0 aliphatic carbocycles. The number of hydrogen-bond acceptors (Lipinski definition) is 3. The van der Waals surface area contributed by atoms with Gasteiger partial charge < -0.3 is 9.47 Å². The quantitative estimate of drug-likeness (QED) is 0.708. The molecule has 0 atom stereocenters. The van der Waals surface area contributed by atoms with Crippen molar-refractivity contribution in [1.82, 2.24) is 24.5 Å². The summed E-state index contributed by atoms with van der Waals surface area (Å²) < 4.78 is 3.66. The molecule has 2 aromatic heterocycles. The van der Waals surface area contributed by atoms with Gasteiger partial charge in [0.25, 0.3) is 5.91 Å². The summed E-state index contributed by atoms with van der Waals surface area (Å²) in [4.78, 5) is 15.0. The van der Waals surface area contributed by atoms with Crippen LogP contribution in [0.25, 0.3) is 11.5 Å². The lowest BCUT2D eigenvalue weighted by Crippen LogP contribution is -2.36. The van der Waals surface area contributed by atoms with Crippen LogP contribution in [-0.2, 0) is 0 Å². The van der Waals surface area contributed by atoms with Crippen LogP contribution in [0, 0.1) is 0 Å². The third kappa shape index (κ3) is 3.39.